The summed E-state index contributed by atoms with van der Waals surface area (Å²) in [6.07, 6.45) is 3.98. The van der Waals surface area contributed by atoms with Gasteiger partial charge in [0.05, 0.1) is 23.9 Å². The molecule has 1 aromatic carbocycles. The zero-order chi connectivity index (χ0) is 17.4. The van der Waals surface area contributed by atoms with Crippen molar-refractivity contribution in [3.8, 4) is 0 Å². The molecule has 2 fully saturated rings. The summed E-state index contributed by atoms with van der Waals surface area (Å²) in [7, 11) is 0. The molecule has 0 bridgehead atoms. The van der Waals surface area contributed by atoms with Gasteiger partial charge in [-0.15, -0.1) is 0 Å². The number of piperidine rings is 1. The molecule has 6 nitrogen and oxygen atoms in total. The Balaban J connectivity index is 1.40. The lowest BCUT2D eigenvalue weighted by Crippen LogP contribution is -2.62. The Hall–Kier alpha value is -1.92. The number of nitrogens with zero attached hydrogens (tertiary/aromatic N) is 3. The zero-order valence-electron chi connectivity index (χ0n) is 14.6. The maximum atomic E-state index is 12.7. The third-order valence-electron chi connectivity index (χ3n) is 5.99. The van der Waals surface area contributed by atoms with Crippen molar-refractivity contribution in [1.29, 1.82) is 0 Å². The summed E-state index contributed by atoms with van der Waals surface area (Å²) in [5.74, 6) is 0.0884. The molecule has 1 amide bonds. The average Bonchev–Trinajstić information content (AvgIpc) is 3.05. The molecule has 1 spiro atoms. The Morgan fingerprint density at radius 1 is 1.36 bits per heavy atom. The molecule has 1 saturated heterocycles. The number of fused-ring (bicyclic) bond motifs is 1. The molecule has 0 radical (unpaired) electrons. The van der Waals surface area contributed by atoms with Crippen molar-refractivity contribution in [3.63, 3.8) is 0 Å². The van der Waals surface area contributed by atoms with Crippen LogP contribution < -0.4 is 0 Å². The number of para-hydroxylation sites is 1. The van der Waals surface area contributed by atoms with Gasteiger partial charge in [0.15, 0.2) is 0 Å². The number of aliphatic hydroxyl groups is 1. The second kappa shape index (κ2) is 6.42. The summed E-state index contributed by atoms with van der Waals surface area (Å²) in [5.41, 5.74) is 0.834. The highest BCUT2D eigenvalue weighted by molar-refractivity contribution is 5.82. The molecule has 1 saturated carbocycles. The normalized spacial score (nSPS) is 25.3. The van der Waals surface area contributed by atoms with Crippen LogP contribution in [-0.4, -0.2) is 57.6 Å². The molecular weight excluding hydrogens is 318 g/mol. The number of hydrogen-bond acceptors (Lipinski definition) is 4. The summed E-state index contributed by atoms with van der Waals surface area (Å²) < 4.78 is 7.56. The van der Waals surface area contributed by atoms with Gasteiger partial charge in [-0.1, -0.05) is 18.2 Å². The molecule has 25 heavy (non-hydrogen) atoms. The van der Waals surface area contributed by atoms with Crippen LogP contribution in [0, 0.1) is 5.41 Å². The standard InChI is InChI=1S/C19H25N3O3/c1-2-25-17-11-16(23)19(17)7-9-21(10-8-19)18(24)13-22-15-6-4-3-5-14(15)12-20-22/h3-6,12,16-17,23H,2,7-11,13H2,1H3/t16-,17-/m0/s1. The lowest BCUT2D eigenvalue weighted by molar-refractivity contribution is -0.210. The minimum absolute atomic E-state index is 0.0884. The van der Waals surface area contributed by atoms with Crippen LogP contribution in [0.5, 0.6) is 0 Å². The fourth-order valence-electron chi connectivity index (χ4n) is 4.37. The van der Waals surface area contributed by atoms with Crippen LogP contribution in [0.1, 0.15) is 26.2 Å². The third kappa shape index (κ3) is 2.73. The van der Waals surface area contributed by atoms with E-state index in [1.165, 1.54) is 0 Å². The molecule has 2 aromatic rings. The van der Waals surface area contributed by atoms with E-state index in [-0.39, 0.29) is 30.1 Å². The van der Waals surface area contributed by atoms with E-state index in [0.717, 1.165) is 30.2 Å². The van der Waals surface area contributed by atoms with Gasteiger partial charge in [0.2, 0.25) is 5.91 Å². The van der Waals surface area contributed by atoms with E-state index >= 15 is 0 Å². The van der Waals surface area contributed by atoms with Gasteiger partial charge in [0.1, 0.15) is 6.54 Å². The van der Waals surface area contributed by atoms with Gasteiger partial charge in [-0.3, -0.25) is 9.48 Å². The van der Waals surface area contributed by atoms with Crippen LogP contribution in [0.25, 0.3) is 10.9 Å². The Kier molecular flexibility index (Phi) is 4.25. The molecule has 1 N–H and O–H groups in total. The first-order chi connectivity index (χ1) is 12.1. The molecular formula is C19H25N3O3. The van der Waals surface area contributed by atoms with E-state index in [4.69, 9.17) is 4.74 Å². The van der Waals surface area contributed by atoms with Gasteiger partial charge in [-0.25, -0.2) is 0 Å². The minimum Gasteiger partial charge on any atom is -0.392 e. The Bertz CT molecular complexity index is 762. The quantitative estimate of drug-likeness (QED) is 0.919. The molecule has 4 rings (SSSR count). The lowest BCUT2D eigenvalue weighted by atomic mass is 9.58. The van der Waals surface area contributed by atoms with Crippen LogP contribution in [0.15, 0.2) is 30.5 Å². The van der Waals surface area contributed by atoms with Gasteiger partial charge < -0.3 is 14.7 Å². The molecule has 2 heterocycles. The highest BCUT2D eigenvalue weighted by atomic mass is 16.5. The molecule has 1 aliphatic carbocycles. The maximum absolute atomic E-state index is 12.7. The van der Waals surface area contributed by atoms with E-state index in [1.54, 1.807) is 10.9 Å². The van der Waals surface area contributed by atoms with Crippen molar-refractivity contribution >= 4 is 16.8 Å². The van der Waals surface area contributed by atoms with Gasteiger partial charge in [-0.2, -0.15) is 5.10 Å². The molecule has 1 aliphatic heterocycles. The number of carbonyl (C=O) groups excluding carboxylic acids is 1. The van der Waals surface area contributed by atoms with Gasteiger partial charge in [0, 0.05) is 36.9 Å². The summed E-state index contributed by atoms with van der Waals surface area (Å²) >= 11 is 0. The molecule has 6 heteroatoms. The van der Waals surface area contributed by atoms with Crippen LogP contribution >= 0.6 is 0 Å². The van der Waals surface area contributed by atoms with Crippen LogP contribution in [0.4, 0.5) is 0 Å². The van der Waals surface area contributed by atoms with Gasteiger partial charge >= 0.3 is 0 Å². The zero-order valence-corrected chi connectivity index (χ0v) is 14.6. The van der Waals surface area contributed by atoms with Gasteiger partial charge in [-0.05, 0) is 25.8 Å². The Morgan fingerprint density at radius 2 is 2.12 bits per heavy atom. The number of rotatable bonds is 4. The van der Waals surface area contributed by atoms with Gasteiger partial charge in [0.25, 0.3) is 0 Å². The fourth-order valence-corrected chi connectivity index (χ4v) is 4.37. The van der Waals surface area contributed by atoms with Crippen LogP contribution in [-0.2, 0) is 16.1 Å². The molecule has 1 aromatic heterocycles. The van der Waals surface area contributed by atoms with Crippen molar-refractivity contribution in [2.45, 2.75) is 44.9 Å². The monoisotopic (exact) mass is 343 g/mol. The second-order valence-electron chi connectivity index (χ2n) is 7.17. The topological polar surface area (TPSA) is 67.6 Å². The van der Waals surface area contributed by atoms with Crippen LogP contribution in [0.3, 0.4) is 0 Å². The smallest absolute Gasteiger partial charge is 0.244 e. The van der Waals surface area contributed by atoms with E-state index in [1.807, 2.05) is 36.1 Å². The maximum Gasteiger partial charge on any atom is 0.244 e. The Labute approximate surface area is 147 Å². The highest BCUT2D eigenvalue weighted by Gasteiger charge is 2.56. The number of aliphatic hydroxyl groups excluding tert-OH is 1. The first-order valence-electron chi connectivity index (χ1n) is 9.12. The summed E-state index contributed by atoms with van der Waals surface area (Å²) in [5, 5.41) is 15.7. The Morgan fingerprint density at radius 3 is 2.84 bits per heavy atom. The summed E-state index contributed by atoms with van der Waals surface area (Å²) in [6, 6.07) is 7.92. The van der Waals surface area contributed by atoms with Crippen LogP contribution in [0.2, 0.25) is 0 Å². The lowest BCUT2D eigenvalue weighted by Gasteiger charge is -2.56. The number of likely N-dealkylation sites (tertiary alicyclic amines) is 1. The van der Waals surface area contributed by atoms with Crippen molar-refractivity contribution in [2.24, 2.45) is 5.41 Å². The van der Waals surface area contributed by atoms with E-state index in [2.05, 4.69) is 5.10 Å². The number of ether oxygens (including phenoxy) is 1. The molecule has 134 valence electrons. The highest BCUT2D eigenvalue weighted by Crippen LogP contribution is 2.50. The van der Waals surface area contributed by atoms with E-state index in [9.17, 15) is 9.90 Å². The molecule has 2 atom stereocenters. The number of amides is 1. The van der Waals surface area contributed by atoms with E-state index < -0.39 is 0 Å². The number of benzene rings is 1. The van der Waals surface area contributed by atoms with E-state index in [0.29, 0.717) is 19.7 Å². The first-order valence-corrected chi connectivity index (χ1v) is 9.12. The second-order valence-corrected chi connectivity index (χ2v) is 7.17. The fraction of sp³-hybridized carbons (Fsp3) is 0.579. The average molecular weight is 343 g/mol. The largest absolute Gasteiger partial charge is 0.392 e. The third-order valence-corrected chi connectivity index (χ3v) is 5.99. The predicted octanol–water partition coefficient (Wildman–Crippen LogP) is 1.81. The first kappa shape index (κ1) is 16.5. The molecule has 2 aliphatic rings. The SMILES string of the molecule is CCO[C@H]1C[C@H](O)C12CCN(C(=O)Cn1ncc3ccccc31)CC2. The number of hydrogen-bond donors (Lipinski definition) is 1. The number of aromatic nitrogens is 2. The number of carbonyl (C=O) groups is 1. The van der Waals surface area contributed by atoms with Crippen molar-refractivity contribution < 1.29 is 14.6 Å². The minimum atomic E-state index is -0.295. The summed E-state index contributed by atoms with van der Waals surface area (Å²) in [4.78, 5) is 14.6. The predicted molar refractivity (Wildman–Crippen MR) is 94.0 cm³/mol. The molecule has 0 unspecified atom stereocenters. The van der Waals surface area contributed by atoms with Crippen molar-refractivity contribution in [2.75, 3.05) is 19.7 Å². The van der Waals surface area contributed by atoms with Crippen molar-refractivity contribution in [1.82, 2.24) is 14.7 Å². The summed E-state index contributed by atoms with van der Waals surface area (Å²) in [6.45, 7) is 4.29. The van der Waals surface area contributed by atoms with Crippen molar-refractivity contribution in [3.05, 3.63) is 30.5 Å².